The molecular weight excluding hydrogens is 785 g/mol. The Balaban J connectivity index is 1.05. The molecule has 14 rings (SSSR count). The van der Waals surface area contributed by atoms with E-state index in [-0.39, 0.29) is 10.8 Å². The molecule has 65 heavy (non-hydrogen) atoms. The van der Waals surface area contributed by atoms with Gasteiger partial charge in [0.2, 0.25) is 0 Å². The Morgan fingerprint density at radius 2 is 0.738 bits per heavy atom. The number of rotatable bonds is 3. The molecule has 0 fully saturated rings. The summed E-state index contributed by atoms with van der Waals surface area (Å²) in [6.07, 6.45) is 0. The second-order valence-corrected chi connectivity index (χ2v) is 19.5. The molecule has 11 aromatic carbocycles. The SMILES string of the molecule is CC1(C)c2cc(-c3c4ccccc4c(-c4ccccc4)c4ccccc34)ccc2-c2c3c(c4c(oc5ccccc54)c21)C(C)(C)c1cc(-c2c4ccccc4cc4ccccc24)ccc1-3. The van der Waals surface area contributed by atoms with Crippen LogP contribution in [0, 0.1) is 0 Å². The van der Waals surface area contributed by atoms with E-state index in [1.54, 1.807) is 0 Å². The van der Waals surface area contributed by atoms with Crippen LogP contribution in [-0.2, 0) is 10.8 Å². The maximum atomic E-state index is 7.15. The van der Waals surface area contributed by atoms with Gasteiger partial charge in [-0.1, -0.05) is 198 Å². The summed E-state index contributed by atoms with van der Waals surface area (Å²) in [4.78, 5) is 0. The van der Waals surface area contributed by atoms with E-state index in [2.05, 4.69) is 222 Å². The molecule has 1 heteroatoms. The van der Waals surface area contributed by atoms with E-state index >= 15 is 0 Å². The van der Waals surface area contributed by atoms with Crippen molar-refractivity contribution < 1.29 is 4.42 Å². The lowest BCUT2D eigenvalue weighted by Crippen LogP contribution is -2.18. The zero-order chi connectivity index (χ0) is 43.3. The average molecular weight is 829 g/mol. The Morgan fingerprint density at radius 1 is 0.323 bits per heavy atom. The van der Waals surface area contributed by atoms with E-state index in [9.17, 15) is 0 Å². The molecule has 12 aromatic rings. The quantitative estimate of drug-likeness (QED) is 0.162. The number of para-hydroxylation sites is 1. The molecule has 2 aliphatic rings. The molecule has 1 heterocycles. The van der Waals surface area contributed by atoms with Crippen LogP contribution < -0.4 is 0 Å². The van der Waals surface area contributed by atoms with Gasteiger partial charge in [-0.3, -0.25) is 0 Å². The highest BCUT2D eigenvalue weighted by Crippen LogP contribution is 2.64. The van der Waals surface area contributed by atoms with Gasteiger partial charge in [0, 0.05) is 27.2 Å². The van der Waals surface area contributed by atoms with Gasteiger partial charge in [-0.05, 0) is 140 Å². The summed E-state index contributed by atoms with van der Waals surface area (Å²) in [6, 6.07) is 72.3. The number of benzene rings is 11. The number of hydrogen-bond acceptors (Lipinski definition) is 1. The molecule has 0 N–H and O–H groups in total. The predicted molar refractivity (Wildman–Crippen MR) is 275 cm³/mol. The van der Waals surface area contributed by atoms with E-state index in [1.807, 2.05) is 0 Å². The Bertz CT molecular complexity index is 3930. The van der Waals surface area contributed by atoms with E-state index in [1.165, 1.54) is 132 Å². The van der Waals surface area contributed by atoms with E-state index in [0.29, 0.717) is 0 Å². The van der Waals surface area contributed by atoms with Crippen molar-refractivity contribution in [3.05, 3.63) is 216 Å². The summed E-state index contributed by atoms with van der Waals surface area (Å²) in [6.45, 7) is 9.72. The van der Waals surface area contributed by atoms with Gasteiger partial charge in [-0.15, -0.1) is 0 Å². The van der Waals surface area contributed by atoms with Crippen molar-refractivity contribution in [2.24, 2.45) is 0 Å². The van der Waals surface area contributed by atoms with Gasteiger partial charge in [0.25, 0.3) is 0 Å². The number of furan rings is 1. The molecular formula is C64H44O. The molecule has 0 saturated heterocycles. The minimum absolute atomic E-state index is 0.313. The Kier molecular flexibility index (Phi) is 7.30. The molecule has 1 nitrogen and oxygen atoms in total. The van der Waals surface area contributed by atoms with E-state index in [4.69, 9.17) is 4.42 Å². The third-order valence-corrected chi connectivity index (χ3v) is 15.3. The molecule has 1 aromatic heterocycles. The monoisotopic (exact) mass is 828 g/mol. The third kappa shape index (κ3) is 4.83. The maximum Gasteiger partial charge on any atom is 0.140 e. The molecule has 0 bridgehead atoms. The normalized spacial score (nSPS) is 14.4. The van der Waals surface area contributed by atoms with Gasteiger partial charge in [0.15, 0.2) is 0 Å². The first-order valence-corrected chi connectivity index (χ1v) is 23.0. The van der Waals surface area contributed by atoms with Gasteiger partial charge >= 0.3 is 0 Å². The van der Waals surface area contributed by atoms with Gasteiger partial charge in [-0.2, -0.15) is 0 Å². The summed E-state index contributed by atoms with van der Waals surface area (Å²) >= 11 is 0. The second kappa shape index (κ2) is 12.9. The predicted octanol–water partition coefficient (Wildman–Crippen LogP) is 17.8. The molecule has 0 spiro atoms. The first kappa shape index (κ1) is 36.7. The first-order chi connectivity index (χ1) is 31.8. The topological polar surface area (TPSA) is 13.1 Å². The zero-order valence-corrected chi connectivity index (χ0v) is 36.9. The highest BCUT2D eigenvalue weighted by molar-refractivity contribution is 6.22. The standard InChI is InChI=1S/C64H44O/c1-63(2)51-35-40(55-42-22-10-8-20-38(42)34-39-21-9-11-23-43(39)55)30-32-48(51)57-58-49-33-31-41(36-52(49)64(3,4)61(58)62-59(60(57)63)50-28-16-17-29-53(50)65-62)56-46-26-14-12-24-44(46)54(37-18-6-5-7-19-37)45-25-13-15-27-47(45)56/h5-36H,1-4H3. The summed E-state index contributed by atoms with van der Waals surface area (Å²) in [5.41, 5.74) is 19.6. The number of hydrogen-bond donors (Lipinski definition) is 0. The van der Waals surface area contributed by atoms with Crippen molar-refractivity contribution in [2.75, 3.05) is 0 Å². The molecule has 0 unspecified atom stereocenters. The summed E-state index contributed by atoms with van der Waals surface area (Å²) < 4.78 is 7.15. The van der Waals surface area contributed by atoms with Crippen LogP contribution >= 0.6 is 0 Å². The lowest BCUT2D eigenvalue weighted by molar-refractivity contribution is 0.617. The highest BCUT2D eigenvalue weighted by Gasteiger charge is 2.47. The molecule has 2 aliphatic carbocycles. The fourth-order valence-corrected chi connectivity index (χ4v) is 12.5. The minimum atomic E-state index is -0.355. The van der Waals surface area contributed by atoms with Crippen LogP contribution in [0.1, 0.15) is 49.9 Å². The van der Waals surface area contributed by atoms with Crippen LogP contribution in [0.3, 0.4) is 0 Å². The smallest absolute Gasteiger partial charge is 0.140 e. The maximum absolute atomic E-state index is 7.15. The van der Waals surface area contributed by atoms with E-state index < -0.39 is 0 Å². The zero-order valence-electron chi connectivity index (χ0n) is 36.9. The van der Waals surface area contributed by atoms with Gasteiger partial charge in [0.1, 0.15) is 11.2 Å². The molecule has 0 saturated carbocycles. The average Bonchev–Trinajstić information content (AvgIpc) is 3.91. The third-order valence-electron chi connectivity index (χ3n) is 15.3. The van der Waals surface area contributed by atoms with Crippen LogP contribution in [0.15, 0.2) is 199 Å². The Hall–Kier alpha value is -7.74. The largest absolute Gasteiger partial charge is 0.456 e. The molecule has 0 aliphatic heterocycles. The Labute approximate surface area is 378 Å². The molecule has 0 atom stereocenters. The lowest BCUT2D eigenvalue weighted by atomic mass is 9.76. The van der Waals surface area contributed by atoms with Crippen molar-refractivity contribution >= 4 is 65.0 Å². The summed E-state index contributed by atoms with van der Waals surface area (Å²) in [5.74, 6) is 0. The fourth-order valence-electron chi connectivity index (χ4n) is 12.5. The van der Waals surface area contributed by atoms with E-state index in [0.717, 1.165) is 11.2 Å². The van der Waals surface area contributed by atoms with Crippen LogP contribution in [0.25, 0.3) is 121 Å². The van der Waals surface area contributed by atoms with Crippen LogP contribution in [0.4, 0.5) is 0 Å². The lowest BCUT2D eigenvalue weighted by Gasteiger charge is -2.26. The highest BCUT2D eigenvalue weighted by atomic mass is 16.3. The Morgan fingerprint density at radius 3 is 1.29 bits per heavy atom. The molecule has 0 amide bonds. The van der Waals surface area contributed by atoms with Gasteiger partial charge < -0.3 is 4.42 Å². The summed E-state index contributed by atoms with van der Waals surface area (Å²) in [7, 11) is 0. The van der Waals surface area contributed by atoms with Gasteiger partial charge in [-0.25, -0.2) is 0 Å². The van der Waals surface area contributed by atoms with Crippen LogP contribution in [-0.4, -0.2) is 0 Å². The van der Waals surface area contributed by atoms with Crippen LogP contribution in [0.5, 0.6) is 0 Å². The molecule has 0 radical (unpaired) electrons. The fraction of sp³-hybridized carbons (Fsp3) is 0.0938. The van der Waals surface area contributed by atoms with Crippen molar-refractivity contribution in [3.8, 4) is 55.6 Å². The number of fused-ring (bicyclic) bond motifs is 16. The summed E-state index contributed by atoms with van der Waals surface area (Å²) in [5, 5.41) is 12.6. The van der Waals surface area contributed by atoms with Crippen molar-refractivity contribution in [1.82, 2.24) is 0 Å². The van der Waals surface area contributed by atoms with Gasteiger partial charge in [0.05, 0.1) is 0 Å². The first-order valence-electron chi connectivity index (χ1n) is 23.0. The van der Waals surface area contributed by atoms with Crippen molar-refractivity contribution in [2.45, 2.75) is 38.5 Å². The van der Waals surface area contributed by atoms with Crippen molar-refractivity contribution in [1.29, 1.82) is 0 Å². The van der Waals surface area contributed by atoms with Crippen molar-refractivity contribution in [3.63, 3.8) is 0 Å². The molecule has 306 valence electrons. The second-order valence-electron chi connectivity index (χ2n) is 19.5. The minimum Gasteiger partial charge on any atom is -0.456 e. The van der Waals surface area contributed by atoms with Crippen LogP contribution in [0.2, 0.25) is 0 Å².